The minimum atomic E-state index is -1.07. The van der Waals surface area contributed by atoms with E-state index in [-0.39, 0.29) is 18.4 Å². The van der Waals surface area contributed by atoms with Gasteiger partial charge in [-0.25, -0.2) is 0 Å². The summed E-state index contributed by atoms with van der Waals surface area (Å²) in [6.45, 7) is 1.40. The highest BCUT2D eigenvalue weighted by molar-refractivity contribution is 5.98. The molecule has 2 amide bonds. The van der Waals surface area contributed by atoms with Crippen LogP contribution in [0.1, 0.15) is 10.4 Å². The van der Waals surface area contributed by atoms with Crippen LogP contribution in [-0.2, 0) is 4.79 Å². The molecule has 11 nitrogen and oxygen atoms in total. The van der Waals surface area contributed by atoms with Gasteiger partial charge in [-0.2, -0.15) is 0 Å². The van der Waals surface area contributed by atoms with E-state index in [4.69, 9.17) is 9.47 Å². The van der Waals surface area contributed by atoms with Crippen LogP contribution in [0, 0.1) is 10.1 Å². The zero-order valence-electron chi connectivity index (χ0n) is 17.1. The van der Waals surface area contributed by atoms with E-state index in [0.29, 0.717) is 43.2 Å². The number of amides is 2. The molecule has 1 atom stereocenters. The molecular weight excluding hydrogens is 420 g/mol. The van der Waals surface area contributed by atoms with Gasteiger partial charge in [0.25, 0.3) is 11.6 Å². The summed E-state index contributed by atoms with van der Waals surface area (Å²) >= 11 is 0. The van der Waals surface area contributed by atoms with Crippen LogP contribution in [-0.4, -0.2) is 72.4 Å². The van der Waals surface area contributed by atoms with E-state index in [1.807, 2.05) is 4.90 Å². The van der Waals surface area contributed by atoms with Crippen LogP contribution in [0.15, 0.2) is 42.5 Å². The van der Waals surface area contributed by atoms with Crippen molar-refractivity contribution in [3.8, 4) is 11.5 Å². The Bertz CT molecular complexity index is 1020. The van der Waals surface area contributed by atoms with Crippen molar-refractivity contribution >= 4 is 23.2 Å². The van der Waals surface area contributed by atoms with Crippen molar-refractivity contribution in [2.45, 2.75) is 6.04 Å². The number of rotatable bonds is 6. The Hall–Kier alpha value is -3.86. The first-order valence-electron chi connectivity index (χ1n) is 10.1. The average Bonchev–Trinajstić information content (AvgIpc) is 3.30. The summed E-state index contributed by atoms with van der Waals surface area (Å²) in [5, 5.41) is 23.1. The van der Waals surface area contributed by atoms with Crippen LogP contribution in [0.3, 0.4) is 0 Å². The van der Waals surface area contributed by atoms with E-state index in [0.717, 1.165) is 5.69 Å². The number of carbonyl (C=O) groups excluding carboxylic acids is 2. The summed E-state index contributed by atoms with van der Waals surface area (Å²) in [6.07, 6.45) is 0. The van der Waals surface area contributed by atoms with E-state index in [2.05, 4.69) is 5.32 Å². The van der Waals surface area contributed by atoms with Gasteiger partial charge in [-0.15, -0.1) is 0 Å². The van der Waals surface area contributed by atoms with Gasteiger partial charge in [0.1, 0.15) is 6.04 Å². The predicted octanol–water partition coefficient (Wildman–Crippen LogP) is 0.763. The fourth-order valence-corrected chi connectivity index (χ4v) is 3.66. The smallest absolute Gasteiger partial charge is 0.269 e. The zero-order valence-corrected chi connectivity index (χ0v) is 17.1. The molecule has 0 saturated carbocycles. The number of nitro benzene ring substituents is 1. The summed E-state index contributed by atoms with van der Waals surface area (Å²) in [4.78, 5) is 39.4. The molecule has 0 bridgehead atoms. The van der Waals surface area contributed by atoms with Crippen LogP contribution < -0.4 is 19.7 Å². The fraction of sp³-hybridized carbons (Fsp3) is 0.333. The monoisotopic (exact) mass is 442 g/mol. The number of nitrogens with one attached hydrogen (secondary N) is 1. The maximum Gasteiger partial charge on any atom is 0.269 e. The molecule has 0 spiro atoms. The molecule has 11 heteroatoms. The SMILES string of the molecule is O=C(NC(CO)C(=O)N1CCN(c2ccc([N+](=O)[O-])cc2)CC1)c1ccc2c(c1)OCO2. The van der Waals surface area contributed by atoms with Crippen LogP contribution in [0.25, 0.3) is 0 Å². The van der Waals surface area contributed by atoms with Gasteiger partial charge in [0, 0.05) is 49.6 Å². The summed E-state index contributed by atoms with van der Waals surface area (Å²) in [7, 11) is 0. The first-order valence-corrected chi connectivity index (χ1v) is 10.1. The standard InChI is InChI=1S/C21H22N4O7/c26-12-17(22-20(27)14-1-6-18-19(11-14)32-13-31-18)21(28)24-9-7-23(8-10-24)15-2-4-16(5-3-15)25(29)30/h1-6,11,17,26H,7-10,12-13H2,(H,22,27). The van der Waals surface area contributed by atoms with Gasteiger partial charge in [-0.1, -0.05) is 0 Å². The minimum absolute atomic E-state index is 0.0200. The third-order valence-electron chi connectivity index (χ3n) is 5.44. The molecule has 1 fully saturated rings. The van der Waals surface area contributed by atoms with Gasteiger partial charge >= 0.3 is 0 Å². The molecule has 2 N–H and O–H groups in total. The highest BCUT2D eigenvalue weighted by Crippen LogP contribution is 2.32. The number of aliphatic hydroxyl groups is 1. The van der Waals surface area contributed by atoms with Crippen LogP contribution >= 0.6 is 0 Å². The van der Waals surface area contributed by atoms with Gasteiger partial charge < -0.3 is 29.7 Å². The zero-order chi connectivity index (χ0) is 22.7. The lowest BCUT2D eigenvalue weighted by atomic mass is 10.1. The quantitative estimate of drug-likeness (QED) is 0.495. The molecule has 2 aliphatic heterocycles. The molecule has 2 aromatic carbocycles. The normalized spacial score (nSPS) is 15.9. The lowest BCUT2D eigenvalue weighted by Crippen LogP contribution is -2.56. The van der Waals surface area contributed by atoms with E-state index in [1.54, 1.807) is 29.2 Å². The molecule has 0 aliphatic carbocycles. The molecule has 4 rings (SSSR count). The van der Waals surface area contributed by atoms with Crippen molar-refractivity contribution in [2.75, 3.05) is 44.5 Å². The Kier molecular flexibility index (Phi) is 6.08. The molecule has 1 saturated heterocycles. The summed E-state index contributed by atoms with van der Waals surface area (Å²) < 4.78 is 10.5. The molecule has 2 aromatic rings. The van der Waals surface area contributed by atoms with E-state index in [9.17, 15) is 24.8 Å². The molecule has 1 unspecified atom stereocenters. The second kappa shape index (κ2) is 9.10. The number of ether oxygens (including phenoxy) is 2. The Morgan fingerprint density at radius 2 is 1.75 bits per heavy atom. The highest BCUT2D eigenvalue weighted by Gasteiger charge is 2.29. The number of nitro groups is 1. The topological polar surface area (TPSA) is 134 Å². The van der Waals surface area contributed by atoms with Gasteiger partial charge in [-0.05, 0) is 30.3 Å². The van der Waals surface area contributed by atoms with Crippen molar-refractivity contribution in [1.29, 1.82) is 0 Å². The largest absolute Gasteiger partial charge is 0.454 e. The maximum absolute atomic E-state index is 12.9. The molecule has 2 aliphatic rings. The van der Waals surface area contributed by atoms with Gasteiger partial charge in [-0.3, -0.25) is 19.7 Å². The molecule has 0 radical (unpaired) electrons. The van der Waals surface area contributed by atoms with Crippen LogP contribution in [0.4, 0.5) is 11.4 Å². The van der Waals surface area contributed by atoms with Gasteiger partial charge in [0.05, 0.1) is 11.5 Å². The van der Waals surface area contributed by atoms with Crippen molar-refractivity contribution in [2.24, 2.45) is 0 Å². The number of non-ortho nitro benzene ring substituents is 1. The Balaban J connectivity index is 1.34. The third-order valence-corrected chi connectivity index (χ3v) is 5.44. The minimum Gasteiger partial charge on any atom is -0.454 e. The summed E-state index contributed by atoms with van der Waals surface area (Å²) in [5.41, 5.74) is 1.15. The lowest BCUT2D eigenvalue weighted by molar-refractivity contribution is -0.384. The number of fused-ring (bicyclic) bond motifs is 1. The van der Waals surface area contributed by atoms with E-state index < -0.39 is 23.5 Å². The fourth-order valence-electron chi connectivity index (χ4n) is 3.66. The number of aliphatic hydroxyl groups excluding tert-OH is 1. The average molecular weight is 442 g/mol. The van der Waals surface area contributed by atoms with Crippen LogP contribution in [0.5, 0.6) is 11.5 Å². The second-order valence-electron chi connectivity index (χ2n) is 7.36. The molecule has 168 valence electrons. The number of hydrogen-bond acceptors (Lipinski definition) is 8. The molecular formula is C21H22N4O7. The first kappa shape index (κ1) is 21.4. The number of hydrogen-bond donors (Lipinski definition) is 2. The third kappa shape index (κ3) is 4.42. The van der Waals surface area contributed by atoms with Crippen molar-refractivity contribution in [1.82, 2.24) is 10.2 Å². The van der Waals surface area contributed by atoms with E-state index in [1.165, 1.54) is 18.2 Å². The Morgan fingerprint density at radius 1 is 1.06 bits per heavy atom. The number of anilines is 1. The maximum atomic E-state index is 12.9. The number of carbonyl (C=O) groups is 2. The lowest BCUT2D eigenvalue weighted by Gasteiger charge is -2.37. The Morgan fingerprint density at radius 3 is 2.41 bits per heavy atom. The number of benzene rings is 2. The summed E-state index contributed by atoms with van der Waals surface area (Å²) in [5.74, 6) is 0.124. The predicted molar refractivity (Wildman–Crippen MR) is 113 cm³/mol. The van der Waals surface area contributed by atoms with Crippen molar-refractivity contribution in [3.63, 3.8) is 0 Å². The van der Waals surface area contributed by atoms with E-state index >= 15 is 0 Å². The second-order valence-corrected chi connectivity index (χ2v) is 7.36. The first-order chi connectivity index (χ1) is 15.5. The Labute approximate surface area is 183 Å². The van der Waals surface area contributed by atoms with Gasteiger partial charge in [0.2, 0.25) is 12.7 Å². The highest BCUT2D eigenvalue weighted by atomic mass is 16.7. The van der Waals surface area contributed by atoms with Crippen LogP contribution in [0.2, 0.25) is 0 Å². The van der Waals surface area contributed by atoms with Gasteiger partial charge in [0.15, 0.2) is 11.5 Å². The van der Waals surface area contributed by atoms with Crippen molar-refractivity contribution in [3.05, 3.63) is 58.1 Å². The molecule has 0 aromatic heterocycles. The summed E-state index contributed by atoms with van der Waals surface area (Å²) in [6, 6.07) is 9.88. The molecule has 32 heavy (non-hydrogen) atoms. The number of nitrogens with zero attached hydrogens (tertiary/aromatic N) is 3. The number of piperazine rings is 1. The van der Waals surface area contributed by atoms with Crippen molar-refractivity contribution < 1.29 is 29.1 Å². The molecule has 2 heterocycles.